The fraction of sp³-hybridized carbons (Fsp3) is 0.429. The van der Waals surface area contributed by atoms with Crippen LogP contribution in [0.5, 0.6) is 0 Å². The molecule has 19 heavy (non-hydrogen) atoms. The second kappa shape index (κ2) is 4.66. The van der Waals surface area contributed by atoms with Crippen molar-refractivity contribution in [3.8, 4) is 0 Å². The van der Waals surface area contributed by atoms with Crippen LogP contribution in [0.1, 0.15) is 30.6 Å². The predicted molar refractivity (Wildman–Crippen MR) is 71.9 cm³/mol. The van der Waals surface area contributed by atoms with Crippen LogP contribution in [-0.2, 0) is 9.53 Å². The maximum absolute atomic E-state index is 12.1. The Morgan fingerprint density at radius 2 is 2.16 bits per heavy atom. The highest BCUT2D eigenvalue weighted by Gasteiger charge is 2.45. The maximum Gasteiger partial charge on any atom is 0.337 e. The molecule has 0 radical (unpaired) electrons. The van der Waals surface area contributed by atoms with Crippen molar-refractivity contribution in [1.29, 1.82) is 0 Å². The van der Waals surface area contributed by atoms with Gasteiger partial charge < -0.3 is 15.4 Å². The number of anilines is 1. The number of ether oxygens (including phenoxy) is 1. The van der Waals surface area contributed by atoms with E-state index in [4.69, 9.17) is 5.73 Å². The number of amides is 1. The Hall–Kier alpha value is -1.88. The molecule has 0 aromatic heterocycles. The van der Waals surface area contributed by atoms with Gasteiger partial charge in [-0.05, 0) is 32.0 Å². The minimum Gasteiger partial charge on any atom is -0.465 e. The fourth-order valence-corrected chi connectivity index (χ4v) is 2.38. The molecular formula is C14H18N2O3. The van der Waals surface area contributed by atoms with Crippen molar-refractivity contribution in [2.75, 3.05) is 12.0 Å². The van der Waals surface area contributed by atoms with Gasteiger partial charge in [-0.2, -0.15) is 0 Å². The number of nitrogens with two attached hydrogens (primary N) is 1. The van der Waals surface area contributed by atoms with Crippen LogP contribution in [0.4, 0.5) is 5.69 Å². The second-order valence-corrected chi connectivity index (χ2v) is 5.24. The summed E-state index contributed by atoms with van der Waals surface area (Å²) in [5.41, 5.74) is 6.63. The summed E-state index contributed by atoms with van der Waals surface area (Å²) in [5.74, 6) is -0.449. The molecule has 5 heteroatoms. The van der Waals surface area contributed by atoms with Gasteiger partial charge in [-0.15, -0.1) is 0 Å². The van der Waals surface area contributed by atoms with Gasteiger partial charge in [0, 0.05) is 18.2 Å². The van der Waals surface area contributed by atoms with Gasteiger partial charge in [-0.1, -0.05) is 6.07 Å². The number of carbonyl (C=O) groups excluding carboxylic acids is 2. The number of hydrogen-bond acceptors (Lipinski definition) is 4. The number of benzene rings is 1. The molecule has 1 atom stereocenters. The van der Waals surface area contributed by atoms with Gasteiger partial charge in [0.1, 0.15) is 0 Å². The molecule has 5 nitrogen and oxygen atoms in total. The SMILES string of the molecule is COC(=O)c1cccc(N2C(=O)CC(N)C2(C)C)c1. The Kier molecular flexibility index (Phi) is 3.32. The molecule has 0 bridgehead atoms. The highest BCUT2D eigenvalue weighted by atomic mass is 16.5. The van der Waals surface area contributed by atoms with E-state index in [1.807, 2.05) is 13.8 Å². The van der Waals surface area contributed by atoms with Crippen LogP contribution < -0.4 is 10.6 Å². The molecule has 1 aliphatic rings. The Labute approximate surface area is 112 Å². The van der Waals surface area contributed by atoms with Gasteiger partial charge in [0.2, 0.25) is 5.91 Å². The smallest absolute Gasteiger partial charge is 0.337 e. The summed E-state index contributed by atoms with van der Waals surface area (Å²) in [7, 11) is 1.33. The lowest BCUT2D eigenvalue weighted by atomic mass is 9.96. The Morgan fingerprint density at radius 1 is 1.47 bits per heavy atom. The van der Waals surface area contributed by atoms with Gasteiger partial charge >= 0.3 is 5.97 Å². The van der Waals surface area contributed by atoms with Gasteiger partial charge in [0.25, 0.3) is 0 Å². The Balaban J connectivity index is 2.42. The van der Waals surface area contributed by atoms with Crippen molar-refractivity contribution >= 4 is 17.6 Å². The van der Waals surface area contributed by atoms with Crippen molar-refractivity contribution in [2.24, 2.45) is 5.73 Å². The van der Waals surface area contributed by atoms with E-state index >= 15 is 0 Å². The van der Waals surface area contributed by atoms with Crippen molar-refractivity contribution < 1.29 is 14.3 Å². The molecular weight excluding hydrogens is 244 g/mol. The van der Waals surface area contributed by atoms with Gasteiger partial charge in [0.15, 0.2) is 0 Å². The molecule has 0 saturated carbocycles. The molecule has 1 saturated heterocycles. The van der Waals surface area contributed by atoms with Gasteiger partial charge in [-0.3, -0.25) is 4.79 Å². The largest absolute Gasteiger partial charge is 0.465 e. The summed E-state index contributed by atoms with van der Waals surface area (Å²) >= 11 is 0. The van der Waals surface area contributed by atoms with Crippen LogP contribution in [0.3, 0.4) is 0 Å². The molecule has 1 unspecified atom stereocenters. The standard InChI is InChI=1S/C14H18N2O3/c1-14(2)11(15)8-12(17)16(14)10-6-4-5-9(7-10)13(18)19-3/h4-7,11H,8,15H2,1-3H3. The average molecular weight is 262 g/mol. The number of hydrogen-bond donors (Lipinski definition) is 1. The minimum atomic E-state index is -0.466. The molecule has 2 rings (SSSR count). The molecule has 102 valence electrons. The molecule has 0 aliphatic carbocycles. The first-order chi connectivity index (χ1) is 8.87. The van der Waals surface area contributed by atoms with Crippen molar-refractivity contribution in [3.05, 3.63) is 29.8 Å². The number of carbonyl (C=O) groups is 2. The second-order valence-electron chi connectivity index (χ2n) is 5.24. The molecule has 1 heterocycles. The van der Waals surface area contributed by atoms with Crippen LogP contribution >= 0.6 is 0 Å². The number of esters is 1. The molecule has 1 fully saturated rings. The predicted octanol–water partition coefficient (Wildman–Crippen LogP) is 1.32. The summed E-state index contributed by atoms with van der Waals surface area (Å²) in [6.45, 7) is 3.85. The zero-order chi connectivity index (χ0) is 14.2. The van der Waals surface area contributed by atoms with E-state index < -0.39 is 11.5 Å². The average Bonchev–Trinajstić information content (AvgIpc) is 2.57. The summed E-state index contributed by atoms with van der Waals surface area (Å²) < 4.78 is 4.69. The lowest BCUT2D eigenvalue weighted by molar-refractivity contribution is -0.117. The molecule has 1 aliphatic heterocycles. The summed E-state index contributed by atoms with van der Waals surface area (Å²) in [5, 5.41) is 0. The Bertz CT molecular complexity index is 525. The van der Waals surface area contributed by atoms with Crippen molar-refractivity contribution in [1.82, 2.24) is 0 Å². The van der Waals surface area contributed by atoms with Crippen LogP contribution in [0, 0.1) is 0 Å². The highest BCUT2D eigenvalue weighted by molar-refractivity contribution is 5.99. The van der Waals surface area contributed by atoms with Crippen molar-refractivity contribution in [2.45, 2.75) is 31.8 Å². The van der Waals surface area contributed by atoms with E-state index in [9.17, 15) is 9.59 Å². The quantitative estimate of drug-likeness (QED) is 0.816. The van der Waals surface area contributed by atoms with Crippen LogP contribution in [0.25, 0.3) is 0 Å². The minimum absolute atomic E-state index is 0.0282. The van der Waals surface area contributed by atoms with Gasteiger partial charge in [0.05, 0.1) is 18.2 Å². The monoisotopic (exact) mass is 262 g/mol. The number of rotatable bonds is 2. The lowest BCUT2D eigenvalue weighted by Gasteiger charge is -2.34. The summed E-state index contributed by atoms with van der Waals surface area (Å²) in [4.78, 5) is 25.3. The van der Waals surface area contributed by atoms with Gasteiger partial charge in [-0.25, -0.2) is 4.79 Å². The highest BCUT2D eigenvalue weighted by Crippen LogP contribution is 2.34. The maximum atomic E-state index is 12.1. The third-order valence-electron chi connectivity index (χ3n) is 3.65. The topological polar surface area (TPSA) is 72.6 Å². The van der Waals surface area contributed by atoms with E-state index in [-0.39, 0.29) is 11.9 Å². The lowest BCUT2D eigenvalue weighted by Crippen LogP contribution is -2.49. The van der Waals surface area contributed by atoms with Crippen molar-refractivity contribution in [3.63, 3.8) is 0 Å². The molecule has 1 aromatic carbocycles. The first kappa shape index (κ1) is 13.5. The van der Waals surface area contributed by atoms with E-state index in [1.165, 1.54) is 7.11 Å². The zero-order valence-electron chi connectivity index (χ0n) is 11.3. The normalized spacial score (nSPS) is 21.6. The van der Waals surface area contributed by atoms with E-state index in [1.54, 1.807) is 29.2 Å². The van der Waals surface area contributed by atoms with Crippen LogP contribution in [0.2, 0.25) is 0 Å². The zero-order valence-corrected chi connectivity index (χ0v) is 11.3. The first-order valence-electron chi connectivity index (χ1n) is 6.15. The Morgan fingerprint density at radius 3 is 2.68 bits per heavy atom. The molecule has 0 spiro atoms. The summed E-state index contributed by atoms with van der Waals surface area (Å²) in [6, 6.07) is 6.62. The third kappa shape index (κ3) is 2.21. The van der Waals surface area contributed by atoms with E-state index in [2.05, 4.69) is 4.74 Å². The molecule has 1 amide bonds. The molecule has 1 aromatic rings. The first-order valence-corrected chi connectivity index (χ1v) is 6.15. The molecule has 2 N–H and O–H groups in total. The summed E-state index contributed by atoms with van der Waals surface area (Å²) in [6.07, 6.45) is 0.315. The van der Waals surface area contributed by atoms with E-state index in [0.29, 0.717) is 17.7 Å². The third-order valence-corrected chi connectivity index (χ3v) is 3.65. The number of methoxy groups -OCH3 is 1. The number of nitrogens with zero attached hydrogens (tertiary/aromatic N) is 1. The van der Waals surface area contributed by atoms with Crippen LogP contribution in [-0.4, -0.2) is 30.6 Å². The fourth-order valence-electron chi connectivity index (χ4n) is 2.38. The van der Waals surface area contributed by atoms with E-state index in [0.717, 1.165) is 0 Å². The van der Waals surface area contributed by atoms with Crippen LogP contribution in [0.15, 0.2) is 24.3 Å².